The number of hydrogen-bond donors (Lipinski definition) is 3. The smallest absolute Gasteiger partial charge is 0.272 e. The third-order valence-corrected chi connectivity index (χ3v) is 9.11. The normalized spacial score (nSPS) is 11.8. The Morgan fingerprint density at radius 3 is 2.00 bits per heavy atom. The zero-order chi connectivity index (χ0) is 34.9. The third kappa shape index (κ3) is 8.99. The van der Waals surface area contributed by atoms with Crippen LogP contribution in [0.4, 0.5) is 11.4 Å². The molecule has 0 saturated carbocycles. The summed E-state index contributed by atoms with van der Waals surface area (Å²) in [5.74, 6) is -0.127. The molecule has 6 aromatic rings. The first-order chi connectivity index (χ1) is 24.3. The fourth-order valence-corrected chi connectivity index (χ4v) is 6.13. The Morgan fingerprint density at radius 1 is 0.700 bits per heavy atom. The summed E-state index contributed by atoms with van der Waals surface area (Å²) < 4.78 is 6.03. The van der Waals surface area contributed by atoms with Crippen LogP contribution in [0, 0.1) is 6.92 Å². The minimum atomic E-state index is -0.548. The summed E-state index contributed by atoms with van der Waals surface area (Å²) in [6.45, 7) is 2.01. The van der Waals surface area contributed by atoms with Gasteiger partial charge in [0, 0.05) is 38.5 Å². The Kier molecular flexibility index (Phi) is 10.9. The average Bonchev–Trinajstić information content (AvgIpc) is 3.61. The summed E-state index contributed by atoms with van der Waals surface area (Å²) in [6, 6.07) is 43.8. The average molecular weight is 698 g/mol. The van der Waals surface area contributed by atoms with E-state index in [-0.39, 0.29) is 11.6 Å². The maximum absolute atomic E-state index is 13.6. The number of thioether (sulfide) groups is 1. The minimum Gasteiger partial charge on any atom is -0.457 e. The SMILES string of the molecule is Cc1ccc(-c2ccc(/C=C(\NC(=O)c3ccccc3)C(=O)Nc3ccc(SC(C(=O)Nc4ccc(Cl)cc4)c4ccccc4)cc3)o2)cc1. The van der Waals surface area contributed by atoms with Crippen LogP contribution in [0.15, 0.2) is 161 Å². The number of amides is 3. The molecule has 0 radical (unpaired) electrons. The molecule has 5 aromatic carbocycles. The number of benzene rings is 5. The molecule has 9 heteroatoms. The van der Waals surface area contributed by atoms with Gasteiger partial charge in [0.2, 0.25) is 5.91 Å². The second-order valence-corrected chi connectivity index (χ2v) is 12.9. The van der Waals surface area contributed by atoms with E-state index in [1.165, 1.54) is 17.8 Å². The highest BCUT2D eigenvalue weighted by Gasteiger charge is 2.23. The first-order valence-corrected chi connectivity index (χ1v) is 17.0. The van der Waals surface area contributed by atoms with E-state index in [4.69, 9.17) is 16.0 Å². The molecule has 1 heterocycles. The molecule has 1 unspecified atom stereocenters. The van der Waals surface area contributed by atoms with Crippen molar-refractivity contribution in [3.8, 4) is 11.3 Å². The standard InChI is InChI=1S/C41H32ClN3O4S/c1-27-12-14-28(15-13-27)37-25-22-34(49-37)26-36(45-39(46)30-10-6-3-7-11-30)40(47)43-33-20-23-35(24-21-33)50-38(29-8-4-2-5-9-29)41(48)44-32-18-16-31(42)17-19-32/h2-26,38H,1H3,(H,43,47)(H,44,48)(H,45,46)/b36-26-. The predicted octanol–water partition coefficient (Wildman–Crippen LogP) is 9.79. The summed E-state index contributed by atoms with van der Waals surface area (Å²) in [6.07, 6.45) is 1.50. The maximum Gasteiger partial charge on any atom is 0.272 e. The van der Waals surface area contributed by atoms with E-state index in [9.17, 15) is 14.4 Å². The van der Waals surface area contributed by atoms with Gasteiger partial charge in [-0.15, -0.1) is 11.8 Å². The van der Waals surface area contributed by atoms with Gasteiger partial charge in [0.1, 0.15) is 22.5 Å². The van der Waals surface area contributed by atoms with Gasteiger partial charge in [-0.25, -0.2) is 0 Å². The molecule has 1 atom stereocenters. The number of carbonyl (C=O) groups is 3. The van der Waals surface area contributed by atoms with Gasteiger partial charge in [-0.2, -0.15) is 0 Å². The number of furan rings is 1. The van der Waals surface area contributed by atoms with Crippen molar-refractivity contribution < 1.29 is 18.8 Å². The molecule has 248 valence electrons. The van der Waals surface area contributed by atoms with Gasteiger partial charge in [0.05, 0.1) is 0 Å². The van der Waals surface area contributed by atoms with Crippen LogP contribution in [0.3, 0.4) is 0 Å². The first-order valence-electron chi connectivity index (χ1n) is 15.8. The van der Waals surface area contributed by atoms with Crippen molar-refractivity contribution in [1.82, 2.24) is 5.32 Å². The Morgan fingerprint density at radius 2 is 1.32 bits per heavy atom. The Bertz CT molecular complexity index is 2110. The molecule has 7 nitrogen and oxygen atoms in total. The third-order valence-electron chi connectivity index (χ3n) is 7.60. The molecule has 0 aliphatic carbocycles. The summed E-state index contributed by atoms with van der Waals surface area (Å²) in [7, 11) is 0. The Hall–Kier alpha value is -5.83. The van der Waals surface area contributed by atoms with Crippen molar-refractivity contribution in [3.05, 3.63) is 179 Å². The van der Waals surface area contributed by atoms with Gasteiger partial charge >= 0.3 is 0 Å². The first kappa shape index (κ1) is 34.0. The lowest BCUT2D eigenvalue weighted by atomic mass is 10.1. The van der Waals surface area contributed by atoms with Crippen molar-refractivity contribution in [3.63, 3.8) is 0 Å². The molecule has 3 N–H and O–H groups in total. The van der Waals surface area contributed by atoms with E-state index in [0.717, 1.165) is 21.6 Å². The number of aryl methyl sites for hydroxylation is 1. The Balaban J connectivity index is 1.20. The van der Waals surface area contributed by atoms with Crippen LogP contribution in [-0.4, -0.2) is 17.7 Å². The highest BCUT2D eigenvalue weighted by Crippen LogP contribution is 2.37. The van der Waals surface area contributed by atoms with Crippen LogP contribution >= 0.6 is 23.4 Å². The van der Waals surface area contributed by atoms with Gasteiger partial charge in [0.25, 0.3) is 11.8 Å². The van der Waals surface area contributed by atoms with Crippen molar-refractivity contribution in [2.45, 2.75) is 17.1 Å². The number of rotatable bonds is 11. The number of halogens is 1. The highest BCUT2D eigenvalue weighted by atomic mass is 35.5. The maximum atomic E-state index is 13.6. The molecule has 0 bridgehead atoms. The molecule has 0 aliphatic rings. The van der Waals surface area contributed by atoms with Crippen molar-refractivity contribution in [1.29, 1.82) is 0 Å². The molecule has 6 rings (SSSR count). The summed E-state index contributed by atoms with van der Waals surface area (Å²) in [4.78, 5) is 41.0. The lowest BCUT2D eigenvalue weighted by Crippen LogP contribution is -2.30. The molecule has 0 aliphatic heterocycles. The molecular formula is C41H32ClN3O4S. The molecule has 0 saturated heterocycles. The van der Waals surface area contributed by atoms with Crippen molar-refractivity contribution in [2.75, 3.05) is 10.6 Å². The van der Waals surface area contributed by atoms with Crippen molar-refractivity contribution in [2.24, 2.45) is 0 Å². The van der Waals surface area contributed by atoms with E-state index < -0.39 is 17.1 Å². The molecule has 0 fully saturated rings. The van der Waals surface area contributed by atoms with Gasteiger partial charge in [0.15, 0.2) is 0 Å². The quantitative estimate of drug-likeness (QED) is 0.0925. The number of hydrogen-bond acceptors (Lipinski definition) is 5. The van der Waals surface area contributed by atoms with Gasteiger partial charge in [-0.05, 0) is 85.3 Å². The summed E-state index contributed by atoms with van der Waals surface area (Å²) >= 11 is 7.40. The molecule has 0 spiro atoms. The van der Waals surface area contributed by atoms with E-state index >= 15 is 0 Å². The van der Waals surface area contributed by atoms with Gasteiger partial charge in [-0.3, -0.25) is 14.4 Å². The van der Waals surface area contributed by atoms with E-state index in [1.54, 1.807) is 66.7 Å². The van der Waals surface area contributed by atoms with Gasteiger partial charge in [-0.1, -0.05) is 90.0 Å². The molecule has 3 amide bonds. The zero-order valence-corrected chi connectivity index (χ0v) is 28.5. The van der Waals surface area contributed by atoms with E-state index in [1.807, 2.05) is 85.8 Å². The van der Waals surface area contributed by atoms with Gasteiger partial charge < -0.3 is 20.4 Å². The Labute approximate surface area is 299 Å². The van der Waals surface area contributed by atoms with Crippen LogP contribution < -0.4 is 16.0 Å². The molecule has 1 aromatic heterocycles. The van der Waals surface area contributed by atoms with Crippen molar-refractivity contribution >= 4 is 58.5 Å². The van der Waals surface area contributed by atoms with Crippen LogP contribution in [0.2, 0.25) is 5.02 Å². The van der Waals surface area contributed by atoms with E-state index in [0.29, 0.717) is 33.5 Å². The van der Waals surface area contributed by atoms with Crippen LogP contribution in [-0.2, 0) is 9.59 Å². The lowest BCUT2D eigenvalue weighted by molar-refractivity contribution is -0.116. The topological polar surface area (TPSA) is 100 Å². The van der Waals surface area contributed by atoms with Crippen LogP contribution in [0.5, 0.6) is 0 Å². The fraction of sp³-hybridized carbons (Fsp3) is 0.0488. The molecule has 50 heavy (non-hydrogen) atoms. The lowest BCUT2D eigenvalue weighted by Gasteiger charge is -2.17. The van der Waals surface area contributed by atoms with Crippen LogP contribution in [0.25, 0.3) is 17.4 Å². The second kappa shape index (κ2) is 16.0. The zero-order valence-electron chi connectivity index (χ0n) is 26.9. The van der Waals surface area contributed by atoms with Crippen LogP contribution in [0.1, 0.15) is 32.5 Å². The number of anilines is 2. The second-order valence-electron chi connectivity index (χ2n) is 11.3. The van der Waals surface area contributed by atoms with E-state index in [2.05, 4.69) is 16.0 Å². The monoisotopic (exact) mass is 697 g/mol. The summed E-state index contributed by atoms with van der Waals surface area (Å²) in [5, 5.41) is 8.62. The minimum absolute atomic E-state index is 0.00474. The number of carbonyl (C=O) groups excluding carboxylic acids is 3. The predicted molar refractivity (Wildman–Crippen MR) is 201 cm³/mol. The number of nitrogens with one attached hydrogen (secondary N) is 3. The largest absolute Gasteiger partial charge is 0.457 e. The highest BCUT2D eigenvalue weighted by molar-refractivity contribution is 8.00. The summed E-state index contributed by atoms with van der Waals surface area (Å²) in [5.41, 5.74) is 4.41. The molecular weight excluding hydrogens is 666 g/mol. The fourth-order valence-electron chi connectivity index (χ4n) is 4.98.